The van der Waals surface area contributed by atoms with Crippen LogP contribution in [0.3, 0.4) is 0 Å². The molecule has 1 aliphatic heterocycles. The number of ether oxygens (including phenoxy) is 3. The van der Waals surface area contributed by atoms with Crippen molar-refractivity contribution in [3.8, 4) is 22.5 Å². The number of aromatic nitrogens is 2. The Kier molecular flexibility index (Phi) is 11.3. The number of aryl methyl sites for hydroxylation is 1. The molecule has 11 nitrogen and oxygen atoms in total. The summed E-state index contributed by atoms with van der Waals surface area (Å²) in [5.74, 6) is -0.275. The standard InChI is InChI=1S/C46H45N3O8/c1-2-3-5-12-29-19-21-31(22-20-29)40-24-32-26-49(45(52)48-43(32)57-40)42-25-39(50)41(56-42)28-54-44(51)38(23-30-13-6-4-7-14-30)47-46(53)55-27-37-35-17-10-8-15-33(35)34-16-9-11-18-36(34)37/h4,6-11,13-22,24,26,37-39,41-42,50H,2-3,5,12,23,25,27-28H2,1H3,(H,47,53)/t38-,39-,41+,42+/m0/s1. The van der Waals surface area contributed by atoms with Crippen LogP contribution in [0.4, 0.5) is 4.79 Å². The maximum Gasteiger partial charge on any atom is 0.407 e. The SMILES string of the molecule is CCCCCc1ccc(-c2cc3cn([C@H]4C[C@H](O)[C@@H](COC(=O)[C@H](Cc5ccccc5)NC(=O)OCC5c6ccccc6-c6ccccc65)O4)c(=O)nc3o2)cc1. The molecule has 57 heavy (non-hydrogen) atoms. The first-order valence-corrected chi connectivity index (χ1v) is 19.6. The Hall–Kier alpha value is -6.04. The van der Waals surface area contributed by atoms with Gasteiger partial charge in [-0.1, -0.05) is 123 Å². The zero-order valence-electron chi connectivity index (χ0n) is 31.7. The Morgan fingerprint density at radius 3 is 2.30 bits per heavy atom. The average molecular weight is 768 g/mol. The zero-order valence-corrected chi connectivity index (χ0v) is 31.7. The minimum atomic E-state index is -1.08. The number of aliphatic hydroxyl groups excluding tert-OH is 1. The number of rotatable bonds is 14. The second-order valence-electron chi connectivity index (χ2n) is 14.7. The lowest BCUT2D eigenvalue weighted by Crippen LogP contribution is -2.45. The summed E-state index contributed by atoms with van der Waals surface area (Å²) in [4.78, 5) is 44.1. The van der Waals surface area contributed by atoms with E-state index in [-0.39, 0.29) is 37.7 Å². The van der Waals surface area contributed by atoms with E-state index in [1.807, 2.05) is 84.9 Å². The van der Waals surface area contributed by atoms with Gasteiger partial charge in [0.15, 0.2) is 0 Å². The van der Waals surface area contributed by atoms with Crippen molar-refractivity contribution >= 4 is 23.2 Å². The first kappa shape index (κ1) is 37.9. The van der Waals surface area contributed by atoms with E-state index in [2.05, 4.69) is 41.5 Å². The number of esters is 1. The minimum absolute atomic E-state index is 0.0744. The fourth-order valence-corrected chi connectivity index (χ4v) is 7.81. The highest BCUT2D eigenvalue weighted by Gasteiger charge is 2.38. The second kappa shape index (κ2) is 17.0. The van der Waals surface area contributed by atoms with Crippen molar-refractivity contribution in [1.29, 1.82) is 0 Å². The summed E-state index contributed by atoms with van der Waals surface area (Å²) in [7, 11) is 0. The average Bonchev–Trinajstić information content (AvgIpc) is 3.92. The molecule has 2 aromatic heterocycles. The second-order valence-corrected chi connectivity index (χ2v) is 14.7. The van der Waals surface area contributed by atoms with Crippen molar-refractivity contribution in [2.75, 3.05) is 13.2 Å². The molecule has 0 bridgehead atoms. The van der Waals surface area contributed by atoms with E-state index in [1.165, 1.54) is 23.0 Å². The largest absolute Gasteiger partial charge is 0.461 e. The molecule has 0 unspecified atom stereocenters. The zero-order chi connectivity index (χ0) is 39.3. The molecule has 292 valence electrons. The van der Waals surface area contributed by atoms with Gasteiger partial charge in [0.1, 0.15) is 37.3 Å². The van der Waals surface area contributed by atoms with E-state index in [1.54, 1.807) is 6.20 Å². The third-order valence-electron chi connectivity index (χ3n) is 10.9. The number of furan rings is 1. The van der Waals surface area contributed by atoms with Crippen LogP contribution in [0.25, 0.3) is 33.6 Å². The van der Waals surface area contributed by atoms with Crippen molar-refractivity contribution in [3.63, 3.8) is 0 Å². The van der Waals surface area contributed by atoms with Crippen LogP contribution in [0.15, 0.2) is 125 Å². The van der Waals surface area contributed by atoms with E-state index >= 15 is 0 Å². The molecule has 0 radical (unpaired) electrons. The van der Waals surface area contributed by atoms with Gasteiger partial charge >= 0.3 is 17.8 Å². The number of benzene rings is 4. The molecule has 2 aliphatic rings. The quantitative estimate of drug-likeness (QED) is 0.0841. The molecular formula is C46H45N3O8. The van der Waals surface area contributed by atoms with Crippen LogP contribution < -0.4 is 11.0 Å². The predicted molar refractivity (Wildman–Crippen MR) is 215 cm³/mol. The van der Waals surface area contributed by atoms with Gasteiger partial charge in [-0.25, -0.2) is 14.4 Å². The Balaban J connectivity index is 0.903. The molecular weight excluding hydrogens is 723 g/mol. The Labute approximate surface area is 330 Å². The van der Waals surface area contributed by atoms with Gasteiger partial charge in [-0.05, 0) is 52.3 Å². The normalized spacial score (nSPS) is 17.9. The van der Waals surface area contributed by atoms with Gasteiger partial charge in [0.25, 0.3) is 0 Å². The van der Waals surface area contributed by atoms with E-state index < -0.39 is 42.2 Å². The highest BCUT2D eigenvalue weighted by molar-refractivity contribution is 5.82. The third-order valence-corrected chi connectivity index (χ3v) is 10.9. The molecule has 1 saturated heterocycles. The number of fused-ring (bicyclic) bond motifs is 4. The third kappa shape index (κ3) is 8.40. The summed E-state index contributed by atoms with van der Waals surface area (Å²) in [6, 6.07) is 34.3. The van der Waals surface area contributed by atoms with Crippen LogP contribution in [0.1, 0.15) is 67.0 Å². The first-order valence-electron chi connectivity index (χ1n) is 19.6. The number of hydrogen-bond donors (Lipinski definition) is 2. The molecule has 0 spiro atoms. The maximum absolute atomic E-state index is 13.6. The summed E-state index contributed by atoms with van der Waals surface area (Å²) in [6.07, 6.45) is 2.80. The van der Waals surface area contributed by atoms with Crippen LogP contribution in [0.2, 0.25) is 0 Å². The summed E-state index contributed by atoms with van der Waals surface area (Å²) in [6.45, 7) is 1.97. The van der Waals surface area contributed by atoms with Gasteiger partial charge in [-0.2, -0.15) is 4.98 Å². The summed E-state index contributed by atoms with van der Waals surface area (Å²) in [5, 5.41) is 14.3. The molecule has 1 fully saturated rings. The number of carbonyl (C=O) groups excluding carboxylic acids is 2. The van der Waals surface area contributed by atoms with Crippen molar-refractivity contribution in [1.82, 2.24) is 14.9 Å². The van der Waals surface area contributed by atoms with Gasteiger partial charge in [-0.3, -0.25) is 4.57 Å². The molecule has 0 saturated carbocycles. The molecule has 1 amide bonds. The van der Waals surface area contributed by atoms with Gasteiger partial charge < -0.3 is 29.1 Å². The van der Waals surface area contributed by atoms with Gasteiger partial charge in [-0.15, -0.1) is 0 Å². The lowest BCUT2D eigenvalue weighted by Gasteiger charge is -2.21. The van der Waals surface area contributed by atoms with E-state index in [0.717, 1.165) is 46.2 Å². The molecule has 1 aliphatic carbocycles. The molecule has 4 aromatic carbocycles. The number of unbranched alkanes of at least 4 members (excludes halogenated alkanes) is 2. The number of amides is 1. The first-order chi connectivity index (χ1) is 27.8. The molecule has 8 rings (SSSR count). The lowest BCUT2D eigenvalue weighted by molar-refractivity contribution is -0.152. The molecule has 6 aromatic rings. The van der Waals surface area contributed by atoms with E-state index in [0.29, 0.717) is 11.1 Å². The number of aliphatic hydroxyl groups is 1. The number of nitrogens with zero attached hydrogens (tertiary/aromatic N) is 2. The molecule has 11 heteroatoms. The number of nitrogens with one attached hydrogen (secondary N) is 1. The van der Waals surface area contributed by atoms with Crippen molar-refractivity contribution in [2.45, 2.75) is 75.8 Å². The predicted octanol–water partition coefficient (Wildman–Crippen LogP) is 7.73. The fourth-order valence-electron chi connectivity index (χ4n) is 7.81. The smallest absolute Gasteiger partial charge is 0.407 e. The minimum Gasteiger partial charge on any atom is -0.461 e. The van der Waals surface area contributed by atoms with Crippen molar-refractivity contribution < 1.29 is 33.3 Å². The number of hydrogen-bond acceptors (Lipinski definition) is 9. The van der Waals surface area contributed by atoms with Gasteiger partial charge in [0.05, 0.1) is 11.5 Å². The van der Waals surface area contributed by atoms with Crippen molar-refractivity contribution in [2.24, 2.45) is 0 Å². The fraction of sp³-hybridized carbons (Fsp3) is 0.304. The Bertz CT molecular complexity index is 2360. The maximum atomic E-state index is 13.6. The van der Waals surface area contributed by atoms with Crippen LogP contribution in [-0.2, 0) is 31.8 Å². The monoisotopic (exact) mass is 767 g/mol. The van der Waals surface area contributed by atoms with E-state index in [9.17, 15) is 19.5 Å². The highest BCUT2D eigenvalue weighted by Crippen LogP contribution is 2.44. The molecule has 2 N–H and O–H groups in total. The lowest BCUT2D eigenvalue weighted by atomic mass is 9.98. The Morgan fingerprint density at radius 1 is 0.877 bits per heavy atom. The van der Waals surface area contributed by atoms with E-state index in [4.69, 9.17) is 18.6 Å². The molecule has 4 atom stereocenters. The molecule has 3 heterocycles. The summed E-state index contributed by atoms with van der Waals surface area (Å²) in [5.41, 5.74) is 6.92. The van der Waals surface area contributed by atoms with Crippen LogP contribution in [0, 0.1) is 0 Å². The highest BCUT2D eigenvalue weighted by atomic mass is 16.6. The van der Waals surface area contributed by atoms with Crippen molar-refractivity contribution in [3.05, 3.63) is 148 Å². The topological polar surface area (TPSA) is 142 Å². The summed E-state index contributed by atoms with van der Waals surface area (Å²) >= 11 is 0. The van der Waals surface area contributed by atoms with Crippen LogP contribution >= 0.6 is 0 Å². The van der Waals surface area contributed by atoms with Gasteiger partial charge in [0, 0.05) is 30.5 Å². The van der Waals surface area contributed by atoms with Crippen LogP contribution in [-0.4, -0.2) is 58.2 Å². The summed E-state index contributed by atoms with van der Waals surface area (Å²) < 4.78 is 24.7. The van der Waals surface area contributed by atoms with Crippen LogP contribution in [0.5, 0.6) is 0 Å². The Morgan fingerprint density at radius 2 is 1.58 bits per heavy atom. The number of carbonyl (C=O) groups is 2. The van der Waals surface area contributed by atoms with Gasteiger partial charge in [0.2, 0.25) is 5.71 Å². The number of alkyl carbamates (subject to hydrolysis) is 1.